The number of hydrogen-bond donors (Lipinski definition) is 4. The van der Waals surface area contributed by atoms with E-state index >= 15 is 0 Å². The van der Waals surface area contributed by atoms with Gasteiger partial charge in [0.1, 0.15) is 0 Å². The highest BCUT2D eigenvalue weighted by atomic mass is 79.9. The molecule has 2 heterocycles. The smallest absolute Gasteiger partial charge is 0.0823 e. The fourth-order valence-corrected chi connectivity index (χ4v) is 4.73. The van der Waals surface area contributed by atoms with Crippen LogP contribution in [0.2, 0.25) is 0 Å². The Hall–Kier alpha value is 0.600. The zero-order chi connectivity index (χ0) is 22.8. The van der Waals surface area contributed by atoms with Crippen molar-refractivity contribution in [2.75, 3.05) is 0 Å². The van der Waals surface area contributed by atoms with Crippen molar-refractivity contribution in [2.45, 2.75) is 138 Å². The van der Waals surface area contributed by atoms with Gasteiger partial charge in [-0.2, -0.15) is 0 Å². The van der Waals surface area contributed by atoms with Gasteiger partial charge in [0.15, 0.2) is 0 Å². The lowest BCUT2D eigenvalue weighted by Gasteiger charge is -2.32. The average Bonchev–Trinajstić information content (AvgIpc) is 2.70. The van der Waals surface area contributed by atoms with Gasteiger partial charge in [0.25, 0.3) is 0 Å². The minimum absolute atomic E-state index is 0. The van der Waals surface area contributed by atoms with E-state index < -0.39 is 24.4 Å². The molecular weight excluding hydrogens is 568 g/mol. The first-order valence-electron chi connectivity index (χ1n) is 11.4. The van der Waals surface area contributed by atoms with Crippen LogP contribution >= 0.6 is 31.9 Å². The van der Waals surface area contributed by atoms with Crippen molar-refractivity contribution in [3.8, 4) is 0 Å². The molecule has 0 aromatic heterocycles. The van der Waals surface area contributed by atoms with Crippen LogP contribution in [0.3, 0.4) is 0 Å². The number of alkyl halides is 2. The maximum Gasteiger partial charge on any atom is 0.0823 e. The summed E-state index contributed by atoms with van der Waals surface area (Å²) in [6, 6.07) is 0. The van der Waals surface area contributed by atoms with Gasteiger partial charge in [0, 0.05) is 22.5 Å². The quantitative estimate of drug-likeness (QED) is 0.343. The summed E-state index contributed by atoms with van der Waals surface area (Å²) in [6.07, 6.45) is 3.68. The van der Waals surface area contributed by atoms with Crippen LogP contribution in [0.1, 0.15) is 79.1 Å². The summed E-state index contributed by atoms with van der Waals surface area (Å²) < 4.78 is 11.7. The van der Waals surface area contributed by atoms with Gasteiger partial charge in [-0.05, 0) is 52.4 Å². The first-order valence-corrected chi connectivity index (χ1v) is 13.2. The van der Waals surface area contributed by atoms with Crippen LogP contribution < -0.4 is 0 Å². The molecule has 2 rings (SSSR count). The van der Waals surface area contributed by atoms with Crippen LogP contribution in [0.25, 0.3) is 0 Å². The van der Waals surface area contributed by atoms with Gasteiger partial charge in [-0.3, -0.25) is 0 Å². The second kappa shape index (κ2) is 19.7. The number of halogens is 2. The molecule has 0 saturated carbocycles. The molecule has 0 radical (unpaired) electrons. The Labute approximate surface area is 215 Å². The summed E-state index contributed by atoms with van der Waals surface area (Å²) >= 11 is 7.18. The second-order valence-corrected chi connectivity index (χ2v) is 11.1. The van der Waals surface area contributed by atoms with Crippen molar-refractivity contribution in [1.29, 1.82) is 0 Å². The standard InChI is InChI=1S/2C11H21BrO3.3H2O/c2*1-3-8(12)11-5-4-9(13)10(14)6-7(2)15-11;;;/h2*7-11,13-14H,3-6H2,1-2H3;3*1H2/t2*7-,8+,9-,10-,11+;;;/m11.../s1. The Kier molecular flexibility index (Phi) is 22.8. The van der Waals surface area contributed by atoms with Crippen molar-refractivity contribution in [2.24, 2.45) is 0 Å². The molecule has 2 saturated heterocycles. The van der Waals surface area contributed by atoms with E-state index in [1.807, 2.05) is 13.8 Å². The largest absolute Gasteiger partial charge is 0.412 e. The molecule has 0 aromatic rings. The SMILES string of the molecule is CC[C@H](Br)[C@@H]1CC[C@@H](O)[C@H](O)C[C@@H](C)O1.CC[C@H](Br)[C@@H]1CC[C@@H](O)[C@H](O)C[C@@H](C)O1.O.O.O. The molecular formula is C22H48Br2O9. The Morgan fingerprint density at radius 2 is 0.939 bits per heavy atom. The molecule has 204 valence electrons. The second-order valence-electron chi connectivity index (χ2n) is 8.71. The van der Waals surface area contributed by atoms with E-state index in [-0.39, 0.29) is 40.8 Å². The molecule has 2 fully saturated rings. The predicted octanol–water partition coefficient (Wildman–Crippen LogP) is 1.20. The normalized spacial score (nSPS) is 36.9. The first-order chi connectivity index (χ1) is 14.1. The van der Waals surface area contributed by atoms with Crippen LogP contribution in [0, 0.1) is 0 Å². The molecule has 0 bridgehead atoms. The highest BCUT2D eigenvalue weighted by molar-refractivity contribution is 9.09. The molecule has 9 nitrogen and oxygen atoms in total. The van der Waals surface area contributed by atoms with Gasteiger partial charge in [-0.1, -0.05) is 45.7 Å². The summed E-state index contributed by atoms with van der Waals surface area (Å²) in [7, 11) is 0. The fourth-order valence-electron chi connectivity index (χ4n) is 3.95. The fraction of sp³-hybridized carbons (Fsp3) is 1.00. The van der Waals surface area contributed by atoms with E-state index in [0.717, 1.165) is 25.7 Å². The van der Waals surface area contributed by atoms with E-state index in [9.17, 15) is 20.4 Å². The van der Waals surface area contributed by atoms with E-state index in [0.29, 0.717) is 35.3 Å². The molecule has 0 amide bonds. The zero-order valence-corrected chi connectivity index (χ0v) is 23.5. The Balaban J connectivity index is -0.000000500. The summed E-state index contributed by atoms with van der Waals surface area (Å²) in [5.41, 5.74) is 0. The molecule has 0 unspecified atom stereocenters. The summed E-state index contributed by atoms with van der Waals surface area (Å²) in [6.45, 7) is 8.11. The van der Waals surface area contributed by atoms with Crippen molar-refractivity contribution in [3.05, 3.63) is 0 Å². The van der Waals surface area contributed by atoms with Crippen LogP contribution in [0.4, 0.5) is 0 Å². The topological polar surface area (TPSA) is 194 Å². The van der Waals surface area contributed by atoms with Gasteiger partial charge < -0.3 is 46.3 Å². The van der Waals surface area contributed by atoms with Crippen molar-refractivity contribution < 1.29 is 46.3 Å². The van der Waals surface area contributed by atoms with Gasteiger partial charge in [0.2, 0.25) is 0 Å². The zero-order valence-electron chi connectivity index (χ0n) is 20.3. The van der Waals surface area contributed by atoms with E-state index in [1.165, 1.54) is 0 Å². The molecule has 10 N–H and O–H groups in total. The van der Waals surface area contributed by atoms with Gasteiger partial charge in [-0.25, -0.2) is 0 Å². The predicted molar refractivity (Wildman–Crippen MR) is 137 cm³/mol. The van der Waals surface area contributed by atoms with Crippen molar-refractivity contribution in [1.82, 2.24) is 0 Å². The maximum atomic E-state index is 9.65. The van der Waals surface area contributed by atoms with Crippen LogP contribution in [-0.2, 0) is 9.47 Å². The monoisotopic (exact) mass is 614 g/mol. The summed E-state index contributed by atoms with van der Waals surface area (Å²) in [5, 5.41) is 38.5. The maximum absolute atomic E-state index is 9.65. The minimum Gasteiger partial charge on any atom is -0.412 e. The number of ether oxygens (including phenoxy) is 2. The van der Waals surface area contributed by atoms with Gasteiger partial charge >= 0.3 is 0 Å². The Bertz CT molecular complexity index is 424. The van der Waals surface area contributed by atoms with E-state index in [1.54, 1.807) is 0 Å². The van der Waals surface area contributed by atoms with E-state index in [2.05, 4.69) is 45.7 Å². The average molecular weight is 616 g/mol. The lowest BCUT2D eigenvalue weighted by Crippen LogP contribution is -2.38. The lowest BCUT2D eigenvalue weighted by molar-refractivity contribution is -0.0840. The van der Waals surface area contributed by atoms with Crippen LogP contribution in [-0.4, -0.2) is 95.3 Å². The number of aliphatic hydroxyl groups excluding tert-OH is 4. The number of hydrogen-bond acceptors (Lipinski definition) is 6. The lowest BCUT2D eigenvalue weighted by atomic mass is 9.97. The molecule has 10 atom stereocenters. The molecule has 0 aromatic carbocycles. The van der Waals surface area contributed by atoms with Crippen LogP contribution in [0.15, 0.2) is 0 Å². The summed E-state index contributed by atoms with van der Waals surface area (Å²) in [4.78, 5) is 0.671. The third-order valence-corrected chi connectivity index (χ3v) is 8.40. The highest BCUT2D eigenvalue weighted by Crippen LogP contribution is 2.26. The molecule has 33 heavy (non-hydrogen) atoms. The Morgan fingerprint density at radius 1 is 0.636 bits per heavy atom. The Morgan fingerprint density at radius 3 is 1.21 bits per heavy atom. The molecule has 0 spiro atoms. The number of aliphatic hydroxyl groups is 4. The van der Waals surface area contributed by atoms with Crippen molar-refractivity contribution >= 4 is 31.9 Å². The van der Waals surface area contributed by atoms with Crippen molar-refractivity contribution in [3.63, 3.8) is 0 Å². The molecule has 0 aliphatic carbocycles. The molecule has 11 heteroatoms. The van der Waals surface area contributed by atoms with Gasteiger partial charge in [-0.15, -0.1) is 0 Å². The van der Waals surface area contributed by atoms with Gasteiger partial charge in [0.05, 0.1) is 48.8 Å². The molecule has 2 aliphatic heterocycles. The van der Waals surface area contributed by atoms with Crippen LogP contribution in [0.5, 0.6) is 0 Å². The summed E-state index contributed by atoms with van der Waals surface area (Å²) in [5.74, 6) is 0. The highest BCUT2D eigenvalue weighted by Gasteiger charge is 2.30. The minimum atomic E-state index is -0.642. The third kappa shape index (κ3) is 14.1. The first kappa shape index (κ1) is 38.1. The third-order valence-electron chi connectivity index (χ3n) is 5.93. The molecule has 2 aliphatic rings. The number of rotatable bonds is 4. The van der Waals surface area contributed by atoms with E-state index in [4.69, 9.17) is 9.47 Å².